The lowest BCUT2D eigenvalue weighted by Gasteiger charge is -2.58. The van der Waals surface area contributed by atoms with E-state index in [1.54, 1.807) is 11.9 Å². The van der Waals surface area contributed by atoms with Gasteiger partial charge in [-0.15, -0.1) is 0 Å². The van der Waals surface area contributed by atoms with Crippen LogP contribution in [0.25, 0.3) is 0 Å². The van der Waals surface area contributed by atoms with Gasteiger partial charge in [0.15, 0.2) is 0 Å². The fourth-order valence-electron chi connectivity index (χ4n) is 3.33. The third-order valence-corrected chi connectivity index (χ3v) is 5.29. The van der Waals surface area contributed by atoms with Gasteiger partial charge in [-0.05, 0) is 6.92 Å². The number of nitrogens with two attached hydrogens (primary N) is 1. The van der Waals surface area contributed by atoms with E-state index < -0.39 is 11.0 Å². The molecular weight excluding hydrogens is 298 g/mol. The number of rotatable bonds is 5. The Morgan fingerprint density at radius 3 is 2.48 bits per heavy atom. The van der Waals surface area contributed by atoms with E-state index in [4.69, 9.17) is 15.2 Å². The van der Waals surface area contributed by atoms with Gasteiger partial charge in [0.1, 0.15) is 5.54 Å². The van der Waals surface area contributed by atoms with E-state index in [9.17, 15) is 9.59 Å². The lowest BCUT2D eigenvalue weighted by Crippen LogP contribution is -2.76. The molecule has 0 radical (unpaired) electrons. The lowest BCUT2D eigenvalue weighted by molar-refractivity contribution is -0.179. The molecule has 0 aromatic carbocycles. The summed E-state index contributed by atoms with van der Waals surface area (Å²) >= 11 is 0. The van der Waals surface area contributed by atoms with E-state index in [1.807, 2.05) is 20.8 Å². The molecule has 0 bridgehead atoms. The van der Waals surface area contributed by atoms with Crippen molar-refractivity contribution in [3.63, 3.8) is 0 Å². The Morgan fingerprint density at radius 1 is 1.35 bits per heavy atom. The standard InChI is InChI=1S/C16H29N3O4/c1-5-23-12-10-16(17,15(12,2)3)14(21)18(4)11-13(20)19-6-8-22-9-7-19/h12H,5-11,17H2,1-4H3. The second-order valence-corrected chi connectivity index (χ2v) is 7.00. The molecule has 0 aromatic rings. The average molecular weight is 327 g/mol. The first-order valence-corrected chi connectivity index (χ1v) is 8.25. The molecule has 1 saturated heterocycles. The molecule has 2 N–H and O–H groups in total. The highest BCUT2D eigenvalue weighted by Gasteiger charge is 2.63. The van der Waals surface area contributed by atoms with Crippen molar-refractivity contribution in [1.82, 2.24) is 9.80 Å². The Balaban J connectivity index is 1.95. The first-order chi connectivity index (χ1) is 10.7. The van der Waals surface area contributed by atoms with Gasteiger partial charge in [0.05, 0.1) is 25.9 Å². The molecule has 1 saturated carbocycles. The molecular formula is C16H29N3O4. The fourth-order valence-corrected chi connectivity index (χ4v) is 3.33. The molecule has 132 valence electrons. The van der Waals surface area contributed by atoms with Crippen molar-refractivity contribution in [1.29, 1.82) is 0 Å². The topological polar surface area (TPSA) is 85.1 Å². The highest BCUT2D eigenvalue weighted by molar-refractivity contribution is 5.92. The number of morpholine rings is 1. The first kappa shape index (κ1) is 18.2. The minimum absolute atomic E-state index is 0.0233. The van der Waals surface area contributed by atoms with E-state index in [0.29, 0.717) is 39.3 Å². The summed E-state index contributed by atoms with van der Waals surface area (Å²) in [6.07, 6.45) is 0.466. The number of carbonyl (C=O) groups excluding carboxylic acids is 2. The summed E-state index contributed by atoms with van der Waals surface area (Å²) in [5.74, 6) is -0.258. The normalized spacial score (nSPS) is 29.8. The molecule has 1 heterocycles. The van der Waals surface area contributed by atoms with Gasteiger partial charge in [-0.25, -0.2) is 0 Å². The van der Waals surface area contributed by atoms with Crippen LogP contribution in [0.3, 0.4) is 0 Å². The van der Waals surface area contributed by atoms with Crippen molar-refractivity contribution in [2.75, 3.05) is 46.5 Å². The number of likely N-dealkylation sites (N-methyl/N-ethyl adjacent to an activating group) is 1. The smallest absolute Gasteiger partial charge is 0.243 e. The van der Waals surface area contributed by atoms with Gasteiger partial charge in [0, 0.05) is 38.6 Å². The molecule has 7 heteroatoms. The van der Waals surface area contributed by atoms with Crippen LogP contribution in [0.4, 0.5) is 0 Å². The zero-order chi connectivity index (χ0) is 17.3. The van der Waals surface area contributed by atoms with Crippen molar-refractivity contribution in [3.05, 3.63) is 0 Å². The van der Waals surface area contributed by atoms with Gasteiger partial charge in [-0.1, -0.05) is 13.8 Å². The van der Waals surface area contributed by atoms with Crippen LogP contribution in [0.2, 0.25) is 0 Å². The Hall–Kier alpha value is -1.18. The molecule has 2 unspecified atom stereocenters. The molecule has 2 rings (SSSR count). The minimum atomic E-state index is -0.979. The van der Waals surface area contributed by atoms with Crippen LogP contribution in [0, 0.1) is 5.41 Å². The van der Waals surface area contributed by atoms with E-state index in [-0.39, 0.29) is 24.5 Å². The highest BCUT2D eigenvalue weighted by atomic mass is 16.5. The van der Waals surface area contributed by atoms with E-state index >= 15 is 0 Å². The van der Waals surface area contributed by atoms with Gasteiger partial charge < -0.3 is 25.0 Å². The third kappa shape index (κ3) is 3.22. The zero-order valence-corrected chi connectivity index (χ0v) is 14.6. The van der Waals surface area contributed by atoms with Gasteiger partial charge >= 0.3 is 0 Å². The molecule has 1 aliphatic heterocycles. The number of amides is 2. The quantitative estimate of drug-likeness (QED) is 0.758. The summed E-state index contributed by atoms with van der Waals surface area (Å²) in [7, 11) is 1.64. The monoisotopic (exact) mass is 327 g/mol. The number of hydrogen-bond donors (Lipinski definition) is 1. The van der Waals surface area contributed by atoms with Crippen LogP contribution in [0.1, 0.15) is 27.2 Å². The van der Waals surface area contributed by atoms with Crippen LogP contribution in [-0.2, 0) is 19.1 Å². The molecule has 1 aliphatic carbocycles. The largest absolute Gasteiger partial charge is 0.378 e. The zero-order valence-electron chi connectivity index (χ0n) is 14.6. The Kier molecular flexibility index (Phi) is 5.33. The van der Waals surface area contributed by atoms with E-state index in [2.05, 4.69) is 0 Å². The Labute approximate surface area is 138 Å². The summed E-state index contributed by atoms with van der Waals surface area (Å²) in [6.45, 7) is 8.73. The second-order valence-electron chi connectivity index (χ2n) is 7.00. The lowest BCUT2D eigenvalue weighted by atomic mass is 9.54. The molecule has 0 spiro atoms. The van der Waals surface area contributed by atoms with Crippen molar-refractivity contribution >= 4 is 11.8 Å². The molecule has 7 nitrogen and oxygen atoms in total. The maximum atomic E-state index is 12.8. The van der Waals surface area contributed by atoms with Crippen molar-refractivity contribution in [2.45, 2.75) is 38.8 Å². The molecule has 0 aromatic heterocycles. The first-order valence-electron chi connectivity index (χ1n) is 8.25. The van der Waals surface area contributed by atoms with Gasteiger partial charge in [0.2, 0.25) is 11.8 Å². The van der Waals surface area contributed by atoms with E-state index in [0.717, 1.165) is 0 Å². The number of hydrogen-bond acceptors (Lipinski definition) is 5. The second kappa shape index (κ2) is 6.75. The summed E-state index contributed by atoms with van der Waals surface area (Å²) in [6, 6.07) is 0. The molecule has 2 atom stereocenters. The summed E-state index contributed by atoms with van der Waals surface area (Å²) < 4.78 is 10.9. The Morgan fingerprint density at radius 2 is 1.96 bits per heavy atom. The number of nitrogens with zero attached hydrogens (tertiary/aromatic N) is 2. The van der Waals surface area contributed by atoms with Crippen LogP contribution in [0.5, 0.6) is 0 Å². The van der Waals surface area contributed by atoms with Crippen LogP contribution >= 0.6 is 0 Å². The predicted molar refractivity (Wildman–Crippen MR) is 85.8 cm³/mol. The molecule has 23 heavy (non-hydrogen) atoms. The SMILES string of the molecule is CCOC1CC(N)(C(=O)N(C)CC(=O)N2CCOCC2)C1(C)C. The van der Waals surface area contributed by atoms with E-state index in [1.165, 1.54) is 4.90 Å². The summed E-state index contributed by atoms with van der Waals surface area (Å²) in [5.41, 5.74) is 4.96. The minimum Gasteiger partial charge on any atom is -0.378 e. The summed E-state index contributed by atoms with van der Waals surface area (Å²) in [4.78, 5) is 28.2. The maximum Gasteiger partial charge on any atom is 0.243 e. The highest BCUT2D eigenvalue weighted by Crippen LogP contribution is 2.50. The van der Waals surface area contributed by atoms with Crippen LogP contribution in [0.15, 0.2) is 0 Å². The van der Waals surface area contributed by atoms with Gasteiger partial charge in [-0.3, -0.25) is 9.59 Å². The van der Waals surface area contributed by atoms with Gasteiger partial charge in [-0.2, -0.15) is 0 Å². The summed E-state index contributed by atoms with van der Waals surface area (Å²) in [5, 5.41) is 0. The van der Waals surface area contributed by atoms with Crippen LogP contribution in [-0.4, -0.2) is 79.8 Å². The third-order valence-electron chi connectivity index (χ3n) is 5.29. The molecule has 2 fully saturated rings. The Bertz CT molecular complexity index is 462. The number of carbonyl (C=O) groups is 2. The average Bonchev–Trinajstić information content (AvgIpc) is 2.54. The van der Waals surface area contributed by atoms with Crippen molar-refractivity contribution in [3.8, 4) is 0 Å². The maximum absolute atomic E-state index is 12.8. The predicted octanol–water partition coefficient (Wildman–Crippen LogP) is -0.164. The number of ether oxygens (including phenoxy) is 2. The molecule has 2 aliphatic rings. The van der Waals surface area contributed by atoms with Crippen molar-refractivity contribution in [2.24, 2.45) is 11.1 Å². The van der Waals surface area contributed by atoms with Crippen LogP contribution < -0.4 is 5.73 Å². The fraction of sp³-hybridized carbons (Fsp3) is 0.875. The molecule has 2 amide bonds. The van der Waals surface area contributed by atoms with Crippen molar-refractivity contribution < 1.29 is 19.1 Å². The van der Waals surface area contributed by atoms with Gasteiger partial charge in [0.25, 0.3) is 0 Å².